The number of hydrogen-bond acceptors (Lipinski definition) is 5. The van der Waals surface area contributed by atoms with E-state index in [0.717, 1.165) is 57.8 Å². The number of unbranched alkanes of at least 4 members (excludes halogenated alkanes) is 49. The molecule has 1 amide bonds. The van der Waals surface area contributed by atoms with Crippen LogP contribution in [0.1, 0.15) is 380 Å². The summed E-state index contributed by atoms with van der Waals surface area (Å²) in [5.74, 6) is -0.0713. The number of hydrogen-bond donors (Lipinski definition) is 3. The van der Waals surface area contributed by atoms with E-state index >= 15 is 0 Å². The Hall–Kier alpha value is -2.18. The Bertz CT molecular complexity index is 1320. The molecule has 0 rings (SSSR count). The van der Waals surface area contributed by atoms with E-state index in [0.29, 0.717) is 19.4 Å². The maximum Gasteiger partial charge on any atom is 0.305 e. The van der Waals surface area contributed by atoms with Gasteiger partial charge in [0.25, 0.3) is 0 Å². The van der Waals surface area contributed by atoms with E-state index in [1.54, 1.807) is 6.08 Å². The third kappa shape index (κ3) is 64.8. The predicted molar refractivity (Wildman–Crippen MR) is 347 cm³/mol. The lowest BCUT2D eigenvalue weighted by atomic mass is 10.0. The van der Waals surface area contributed by atoms with Crippen LogP contribution < -0.4 is 5.32 Å². The average molecular weight is 1110 g/mol. The molecule has 0 fully saturated rings. The largest absolute Gasteiger partial charge is 0.466 e. The summed E-state index contributed by atoms with van der Waals surface area (Å²) in [6.07, 6.45) is 88.9. The van der Waals surface area contributed by atoms with Gasteiger partial charge in [0.15, 0.2) is 0 Å². The van der Waals surface area contributed by atoms with E-state index in [-0.39, 0.29) is 18.5 Å². The molecule has 2 unspecified atom stereocenters. The summed E-state index contributed by atoms with van der Waals surface area (Å²) in [4.78, 5) is 24.6. The summed E-state index contributed by atoms with van der Waals surface area (Å²) >= 11 is 0. The minimum Gasteiger partial charge on any atom is -0.466 e. The molecule has 0 bridgehead atoms. The second kappa shape index (κ2) is 68.3. The van der Waals surface area contributed by atoms with E-state index in [1.165, 1.54) is 295 Å². The van der Waals surface area contributed by atoms with Crippen LogP contribution in [-0.2, 0) is 14.3 Å². The number of rotatable bonds is 66. The molecule has 0 aromatic carbocycles. The molecular weight excluding hydrogens is 971 g/mol. The Morgan fingerprint density at radius 2 is 0.633 bits per heavy atom. The summed E-state index contributed by atoms with van der Waals surface area (Å²) in [6, 6.07) is -0.637. The van der Waals surface area contributed by atoms with Gasteiger partial charge in [-0.15, -0.1) is 0 Å². The number of amides is 1. The SMILES string of the molecule is CCCCC/C=C\C/C=C\CCCCCCCCCCCC(=O)OCCCCCCCCCCC/C=C\CCCCCCCCCC(=O)NC(CO)C(O)/C=C/CCCCCCCCCCCCCCCCCCCCCCC. The molecule has 0 aliphatic rings. The fraction of sp³-hybridized carbons (Fsp3) is 0.863. The van der Waals surface area contributed by atoms with Crippen molar-refractivity contribution in [2.45, 2.75) is 392 Å². The van der Waals surface area contributed by atoms with Gasteiger partial charge in [0.1, 0.15) is 0 Å². The molecule has 79 heavy (non-hydrogen) atoms. The number of carbonyl (C=O) groups excluding carboxylic acids is 2. The zero-order valence-corrected chi connectivity index (χ0v) is 53.1. The highest BCUT2D eigenvalue weighted by atomic mass is 16.5. The number of allylic oxidation sites excluding steroid dienone is 7. The summed E-state index contributed by atoms with van der Waals surface area (Å²) in [6.45, 7) is 4.90. The molecule has 0 heterocycles. The van der Waals surface area contributed by atoms with Gasteiger partial charge in [0, 0.05) is 12.8 Å². The van der Waals surface area contributed by atoms with Crippen molar-refractivity contribution in [1.29, 1.82) is 0 Å². The number of aliphatic hydroxyl groups excluding tert-OH is 2. The maximum absolute atomic E-state index is 12.5. The molecule has 0 aliphatic heterocycles. The zero-order valence-electron chi connectivity index (χ0n) is 53.1. The first-order valence-electron chi connectivity index (χ1n) is 35.4. The van der Waals surface area contributed by atoms with Crippen molar-refractivity contribution in [3.63, 3.8) is 0 Å². The third-order valence-corrected chi connectivity index (χ3v) is 16.3. The molecule has 0 spiro atoms. The highest BCUT2D eigenvalue weighted by molar-refractivity contribution is 5.76. The van der Waals surface area contributed by atoms with Crippen LogP contribution in [0.2, 0.25) is 0 Å². The van der Waals surface area contributed by atoms with Gasteiger partial charge in [0.2, 0.25) is 5.91 Å². The minimum atomic E-state index is -0.852. The van der Waals surface area contributed by atoms with E-state index in [1.807, 2.05) is 6.08 Å². The molecular formula is C73H137NO5. The topological polar surface area (TPSA) is 95.9 Å². The zero-order chi connectivity index (χ0) is 57.1. The second-order valence-corrected chi connectivity index (χ2v) is 24.2. The predicted octanol–water partition coefficient (Wildman–Crippen LogP) is 22.9. The average Bonchev–Trinajstić information content (AvgIpc) is 3.45. The van der Waals surface area contributed by atoms with Gasteiger partial charge in [-0.05, 0) is 89.9 Å². The van der Waals surface area contributed by atoms with Crippen molar-refractivity contribution in [2.75, 3.05) is 13.2 Å². The van der Waals surface area contributed by atoms with Crippen LogP contribution in [0.4, 0.5) is 0 Å². The van der Waals surface area contributed by atoms with Crippen LogP contribution in [0.15, 0.2) is 48.6 Å². The van der Waals surface area contributed by atoms with Crippen molar-refractivity contribution in [3.05, 3.63) is 48.6 Å². The van der Waals surface area contributed by atoms with Gasteiger partial charge >= 0.3 is 5.97 Å². The molecule has 0 radical (unpaired) electrons. The Morgan fingerprint density at radius 3 is 1.00 bits per heavy atom. The number of nitrogens with one attached hydrogen (secondary N) is 1. The van der Waals surface area contributed by atoms with Crippen molar-refractivity contribution >= 4 is 11.9 Å². The van der Waals surface area contributed by atoms with Crippen LogP contribution in [0.5, 0.6) is 0 Å². The Morgan fingerprint density at radius 1 is 0.354 bits per heavy atom. The van der Waals surface area contributed by atoms with E-state index in [2.05, 4.69) is 55.6 Å². The minimum absolute atomic E-state index is 0.00218. The van der Waals surface area contributed by atoms with Crippen molar-refractivity contribution in [3.8, 4) is 0 Å². The summed E-state index contributed by atoms with van der Waals surface area (Å²) in [5, 5.41) is 23.3. The van der Waals surface area contributed by atoms with Gasteiger partial charge in [-0.3, -0.25) is 9.59 Å². The van der Waals surface area contributed by atoms with E-state index < -0.39 is 12.1 Å². The number of carbonyl (C=O) groups is 2. The van der Waals surface area contributed by atoms with Gasteiger partial charge < -0.3 is 20.3 Å². The molecule has 3 N–H and O–H groups in total. The van der Waals surface area contributed by atoms with Crippen molar-refractivity contribution in [2.24, 2.45) is 0 Å². The lowest BCUT2D eigenvalue weighted by Crippen LogP contribution is -2.45. The van der Waals surface area contributed by atoms with Gasteiger partial charge in [-0.25, -0.2) is 0 Å². The number of ether oxygens (including phenoxy) is 1. The molecule has 6 heteroatoms. The first-order chi connectivity index (χ1) is 39.0. The summed E-state index contributed by atoms with van der Waals surface area (Å²) < 4.78 is 5.50. The van der Waals surface area contributed by atoms with Crippen LogP contribution in [0, 0.1) is 0 Å². The molecule has 0 saturated carbocycles. The van der Waals surface area contributed by atoms with Crippen LogP contribution in [0.25, 0.3) is 0 Å². The van der Waals surface area contributed by atoms with E-state index in [9.17, 15) is 19.8 Å². The molecule has 0 aliphatic carbocycles. The summed E-state index contributed by atoms with van der Waals surface area (Å²) in [5.41, 5.74) is 0. The number of esters is 1. The highest BCUT2D eigenvalue weighted by Gasteiger charge is 2.18. The normalized spacial score (nSPS) is 12.8. The van der Waals surface area contributed by atoms with Crippen molar-refractivity contribution < 1.29 is 24.5 Å². The highest BCUT2D eigenvalue weighted by Crippen LogP contribution is 2.18. The first kappa shape index (κ1) is 76.8. The fourth-order valence-electron chi connectivity index (χ4n) is 10.9. The fourth-order valence-corrected chi connectivity index (χ4v) is 10.9. The molecule has 6 nitrogen and oxygen atoms in total. The van der Waals surface area contributed by atoms with Crippen LogP contribution in [0.3, 0.4) is 0 Å². The molecule has 0 saturated heterocycles. The monoisotopic (exact) mass is 1110 g/mol. The van der Waals surface area contributed by atoms with Gasteiger partial charge in [-0.2, -0.15) is 0 Å². The van der Waals surface area contributed by atoms with Crippen LogP contribution in [-0.4, -0.2) is 47.4 Å². The lowest BCUT2D eigenvalue weighted by molar-refractivity contribution is -0.143. The molecule has 464 valence electrons. The Balaban J connectivity index is 3.45. The number of aliphatic hydroxyl groups is 2. The molecule has 0 aromatic heterocycles. The maximum atomic E-state index is 12.5. The third-order valence-electron chi connectivity index (χ3n) is 16.3. The quantitative estimate of drug-likeness (QED) is 0.0320. The van der Waals surface area contributed by atoms with Gasteiger partial charge in [-0.1, -0.05) is 326 Å². The summed E-state index contributed by atoms with van der Waals surface area (Å²) in [7, 11) is 0. The van der Waals surface area contributed by atoms with Crippen molar-refractivity contribution in [1.82, 2.24) is 5.32 Å². The first-order valence-corrected chi connectivity index (χ1v) is 35.4. The van der Waals surface area contributed by atoms with Gasteiger partial charge in [0.05, 0.1) is 25.4 Å². The molecule has 2 atom stereocenters. The Kier molecular flexibility index (Phi) is 66.4. The second-order valence-electron chi connectivity index (χ2n) is 24.2. The standard InChI is InChI=1S/C73H137NO5/c1-3-5-7-9-11-13-15-17-19-21-23-24-25-26-30-33-37-41-45-49-53-57-61-65-71(76)70(69-75)74-72(77)66-62-58-54-50-46-42-38-34-31-27-28-32-36-40-44-48-52-56-60-64-68-79-73(78)67-63-59-55-51-47-43-39-35-29-22-20-18-16-14-12-10-8-6-4-2/h12,14,18,20,27,31,61,65,70-71,75-76H,3-11,13,15-17,19,21-26,28-30,32-60,62-64,66-69H2,1-2H3,(H,74,77)/b14-12-,20-18-,31-27-,65-61+. The lowest BCUT2D eigenvalue weighted by Gasteiger charge is -2.20. The van der Waals surface area contributed by atoms with E-state index in [4.69, 9.17) is 4.74 Å². The smallest absolute Gasteiger partial charge is 0.305 e. The Labute approximate surface area is 493 Å². The molecule has 0 aromatic rings. The van der Waals surface area contributed by atoms with Crippen LogP contribution >= 0.6 is 0 Å².